The van der Waals surface area contributed by atoms with Gasteiger partial charge < -0.3 is 15.1 Å². The summed E-state index contributed by atoms with van der Waals surface area (Å²) in [6.07, 6.45) is 1.77. The molecule has 4 rings (SSSR count). The van der Waals surface area contributed by atoms with E-state index in [1.165, 1.54) is 11.3 Å². The number of nitrogens with zero attached hydrogens (tertiary/aromatic N) is 4. The van der Waals surface area contributed by atoms with Gasteiger partial charge in [0.05, 0.1) is 0 Å². The fraction of sp³-hybridized carbons (Fsp3) is 0.261. The summed E-state index contributed by atoms with van der Waals surface area (Å²) in [7, 11) is 0. The largest absolute Gasteiger partial charge is 0.368 e. The van der Waals surface area contributed by atoms with Crippen molar-refractivity contribution in [1.82, 2.24) is 9.97 Å². The lowest BCUT2D eigenvalue weighted by Crippen LogP contribution is -2.47. The van der Waals surface area contributed by atoms with Crippen molar-refractivity contribution in [3.05, 3.63) is 71.9 Å². The predicted molar refractivity (Wildman–Crippen MR) is 117 cm³/mol. The molecule has 29 heavy (non-hydrogen) atoms. The van der Waals surface area contributed by atoms with Crippen LogP contribution < -0.4 is 15.1 Å². The molecule has 148 valence electrons. The molecule has 1 aliphatic heterocycles. The third-order valence-corrected chi connectivity index (χ3v) is 5.11. The van der Waals surface area contributed by atoms with Gasteiger partial charge in [-0.25, -0.2) is 4.98 Å². The first kappa shape index (κ1) is 18.9. The molecule has 6 nitrogen and oxygen atoms in total. The van der Waals surface area contributed by atoms with Crippen molar-refractivity contribution in [1.29, 1.82) is 0 Å². The van der Waals surface area contributed by atoms with E-state index in [1.807, 2.05) is 30.3 Å². The van der Waals surface area contributed by atoms with Crippen LogP contribution in [0.3, 0.4) is 0 Å². The number of carbonyl (C=O) groups is 1. The minimum absolute atomic E-state index is 0.0449. The average Bonchev–Trinajstić information content (AvgIpc) is 2.74. The van der Waals surface area contributed by atoms with Crippen LogP contribution in [0.1, 0.15) is 22.8 Å². The number of hydrogen-bond acceptors (Lipinski definition) is 6. The number of piperazine rings is 1. The van der Waals surface area contributed by atoms with Crippen molar-refractivity contribution in [2.75, 3.05) is 41.3 Å². The Morgan fingerprint density at radius 2 is 1.72 bits per heavy atom. The van der Waals surface area contributed by atoms with Crippen LogP contribution in [0.15, 0.2) is 60.8 Å². The van der Waals surface area contributed by atoms with Gasteiger partial charge >= 0.3 is 0 Å². The normalized spacial score (nSPS) is 14.0. The molecule has 0 unspecified atom stereocenters. The minimum Gasteiger partial charge on any atom is -0.368 e. The molecular weight excluding hydrogens is 362 g/mol. The molecule has 6 heteroatoms. The van der Waals surface area contributed by atoms with E-state index < -0.39 is 0 Å². The highest BCUT2D eigenvalue weighted by molar-refractivity contribution is 5.95. The van der Waals surface area contributed by atoms with Crippen LogP contribution in [0.5, 0.6) is 0 Å². The number of rotatable bonds is 5. The van der Waals surface area contributed by atoms with Crippen molar-refractivity contribution >= 4 is 28.9 Å². The Labute approximate surface area is 171 Å². The zero-order chi connectivity index (χ0) is 20.2. The number of aryl methyl sites for hydroxylation is 1. The highest BCUT2D eigenvalue weighted by Crippen LogP contribution is 2.21. The van der Waals surface area contributed by atoms with Crippen molar-refractivity contribution in [2.45, 2.75) is 13.8 Å². The van der Waals surface area contributed by atoms with Gasteiger partial charge in [0.2, 0.25) is 5.95 Å². The molecule has 1 N–H and O–H groups in total. The first-order valence-electron chi connectivity index (χ1n) is 9.86. The summed E-state index contributed by atoms with van der Waals surface area (Å²) < 4.78 is 0. The fourth-order valence-corrected chi connectivity index (χ4v) is 3.52. The molecule has 0 aliphatic carbocycles. The second kappa shape index (κ2) is 8.31. The summed E-state index contributed by atoms with van der Waals surface area (Å²) in [6, 6.07) is 17.9. The smallest absolute Gasteiger partial charge is 0.227 e. The number of nitrogens with one attached hydrogen (secondary N) is 1. The second-order valence-electron chi connectivity index (χ2n) is 7.32. The van der Waals surface area contributed by atoms with E-state index in [0.717, 1.165) is 43.6 Å². The monoisotopic (exact) mass is 387 g/mol. The molecule has 1 saturated heterocycles. The molecule has 1 fully saturated rings. The summed E-state index contributed by atoms with van der Waals surface area (Å²) in [5.41, 5.74) is 4.07. The van der Waals surface area contributed by atoms with E-state index >= 15 is 0 Å². The maximum Gasteiger partial charge on any atom is 0.227 e. The summed E-state index contributed by atoms with van der Waals surface area (Å²) in [4.78, 5) is 25.4. The fourth-order valence-electron chi connectivity index (χ4n) is 3.52. The van der Waals surface area contributed by atoms with Gasteiger partial charge in [0.1, 0.15) is 5.82 Å². The van der Waals surface area contributed by atoms with E-state index in [2.05, 4.69) is 56.3 Å². The Hall–Kier alpha value is -3.41. The molecule has 1 aliphatic rings. The van der Waals surface area contributed by atoms with Crippen molar-refractivity contribution in [3.63, 3.8) is 0 Å². The minimum atomic E-state index is 0.0449. The van der Waals surface area contributed by atoms with Crippen LogP contribution in [0, 0.1) is 6.92 Å². The molecule has 1 aromatic heterocycles. The standard InChI is InChI=1S/C23H25N5O/c1-17-5-3-8-21(15-17)27-11-13-28(14-12-27)23-24-10-9-22(26-23)25-20-7-4-6-19(16-20)18(2)29/h3-10,15-16H,11-14H2,1-2H3,(H,24,25,26). The molecular formula is C23H25N5O. The van der Waals surface area contributed by atoms with E-state index in [4.69, 9.17) is 0 Å². The predicted octanol–water partition coefficient (Wildman–Crippen LogP) is 4.06. The number of anilines is 4. The quantitative estimate of drug-likeness (QED) is 0.666. The average molecular weight is 387 g/mol. The van der Waals surface area contributed by atoms with Gasteiger partial charge in [-0.2, -0.15) is 4.98 Å². The number of hydrogen-bond donors (Lipinski definition) is 1. The van der Waals surface area contributed by atoms with E-state index in [-0.39, 0.29) is 5.78 Å². The van der Waals surface area contributed by atoms with Gasteiger partial charge in [-0.3, -0.25) is 4.79 Å². The molecule has 2 aromatic carbocycles. The number of carbonyl (C=O) groups excluding carboxylic acids is 1. The van der Waals surface area contributed by atoms with Gasteiger partial charge in [-0.15, -0.1) is 0 Å². The highest BCUT2D eigenvalue weighted by Gasteiger charge is 2.19. The highest BCUT2D eigenvalue weighted by atomic mass is 16.1. The number of aromatic nitrogens is 2. The molecule has 2 heterocycles. The van der Waals surface area contributed by atoms with Crippen LogP contribution >= 0.6 is 0 Å². The summed E-state index contributed by atoms with van der Waals surface area (Å²) >= 11 is 0. The Balaban J connectivity index is 1.43. The van der Waals surface area contributed by atoms with Gasteiger partial charge in [0.15, 0.2) is 5.78 Å². The number of benzene rings is 2. The second-order valence-corrected chi connectivity index (χ2v) is 7.32. The zero-order valence-corrected chi connectivity index (χ0v) is 16.8. The molecule has 0 atom stereocenters. The maximum absolute atomic E-state index is 11.6. The summed E-state index contributed by atoms with van der Waals surface area (Å²) in [5.74, 6) is 1.49. The van der Waals surface area contributed by atoms with Crippen LogP contribution in [-0.2, 0) is 0 Å². The van der Waals surface area contributed by atoms with Crippen LogP contribution in [0.25, 0.3) is 0 Å². The van der Waals surface area contributed by atoms with Crippen LogP contribution in [0.2, 0.25) is 0 Å². The number of ketones is 1. The molecule has 0 bridgehead atoms. The Bertz CT molecular complexity index is 1010. The van der Waals surface area contributed by atoms with E-state index in [9.17, 15) is 4.79 Å². The Morgan fingerprint density at radius 3 is 2.48 bits per heavy atom. The molecule has 3 aromatic rings. The Morgan fingerprint density at radius 1 is 0.966 bits per heavy atom. The van der Waals surface area contributed by atoms with Crippen LogP contribution in [0.4, 0.5) is 23.1 Å². The van der Waals surface area contributed by atoms with Gasteiger partial charge in [0.25, 0.3) is 0 Å². The lowest BCUT2D eigenvalue weighted by Gasteiger charge is -2.36. The lowest BCUT2D eigenvalue weighted by atomic mass is 10.1. The Kier molecular flexibility index (Phi) is 5.42. The van der Waals surface area contributed by atoms with E-state index in [1.54, 1.807) is 13.1 Å². The maximum atomic E-state index is 11.6. The number of Topliss-reactive ketones (excluding diaryl/α,β-unsaturated/α-hetero) is 1. The van der Waals surface area contributed by atoms with Crippen molar-refractivity contribution in [2.24, 2.45) is 0 Å². The van der Waals surface area contributed by atoms with Gasteiger partial charge in [-0.05, 0) is 49.7 Å². The van der Waals surface area contributed by atoms with Crippen molar-refractivity contribution in [3.8, 4) is 0 Å². The third kappa shape index (κ3) is 4.54. The first-order chi connectivity index (χ1) is 14.1. The van der Waals surface area contributed by atoms with Gasteiger partial charge in [0, 0.05) is 49.3 Å². The zero-order valence-electron chi connectivity index (χ0n) is 16.8. The summed E-state index contributed by atoms with van der Waals surface area (Å²) in [5, 5.41) is 3.28. The molecule has 0 radical (unpaired) electrons. The first-order valence-corrected chi connectivity index (χ1v) is 9.86. The molecule has 0 saturated carbocycles. The van der Waals surface area contributed by atoms with Crippen molar-refractivity contribution < 1.29 is 4.79 Å². The van der Waals surface area contributed by atoms with Gasteiger partial charge in [-0.1, -0.05) is 24.3 Å². The lowest BCUT2D eigenvalue weighted by molar-refractivity contribution is 0.101. The SMILES string of the molecule is CC(=O)c1cccc(Nc2ccnc(N3CCN(c4cccc(C)c4)CC3)n2)c1. The molecule has 0 spiro atoms. The van der Waals surface area contributed by atoms with E-state index in [0.29, 0.717) is 5.56 Å². The topological polar surface area (TPSA) is 61.4 Å². The summed E-state index contributed by atoms with van der Waals surface area (Å²) in [6.45, 7) is 7.31. The molecule has 0 amide bonds. The third-order valence-electron chi connectivity index (χ3n) is 5.11. The van der Waals surface area contributed by atoms with Crippen LogP contribution in [-0.4, -0.2) is 41.9 Å².